The second kappa shape index (κ2) is 2.91. The number of nitrogens with zero attached hydrogens (tertiary/aromatic N) is 2. The van der Waals surface area contributed by atoms with E-state index in [1.165, 1.54) is 6.42 Å². The number of nitrogens with two attached hydrogens (primary N) is 1. The van der Waals surface area contributed by atoms with E-state index >= 15 is 0 Å². The van der Waals surface area contributed by atoms with Gasteiger partial charge in [-0.1, -0.05) is 5.16 Å². The zero-order valence-electron chi connectivity index (χ0n) is 6.81. The number of hydrogen-bond acceptors (Lipinski definition) is 4. The average molecular weight is 171 g/mol. The summed E-state index contributed by atoms with van der Waals surface area (Å²) in [7, 11) is 0. The molecule has 0 saturated carbocycles. The third kappa shape index (κ3) is 1.15. The van der Waals surface area contributed by atoms with Gasteiger partial charge in [0, 0.05) is 12.1 Å². The maximum Gasteiger partial charge on any atom is 0.153 e. The van der Waals surface area contributed by atoms with Crippen molar-refractivity contribution in [2.75, 3.05) is 19.8 Å². The lowest BCUT2D eigenvalue weighted by atomic mass is 9.91. The first-order chi connectivity index (χ1) is 5.81. The Hall–Kier alpha value is -0.810. The van der Waals surface area contributed by atoms with Crippen LogP contribution in [0.1, 0.15) is 6.42 Å². The normalized spacial score (nSPS) is 36.2. The van der Waals surface area contributed by atoms with Crippen LogP contribution < -0.4 is 5.73 Å². The molecular weight excluding hydrogens is 158 g/mol. The summed E-state index contributed by atoms with van der Waals surface area (Å²) in [6.07, 6.45) is 1.19. The molecule has 0 aromatic carbocycles. The van der Waals surface area contributed by atoms with Crippen molar-refractivity contribution in [3.8, 4) is 0 Å². The minimum atomic E-state index is 0.284. The second-order valence-electron chi connectivity index (χ2n) is 3.34. The van der Waals surface area contributed by atoms with Crippen molar-refractivity contribution >= 4 is 5.84 Å². The Morgan fingerprint density at radius 2 is 2.25 bits per heavy atom. The maximum absolute atomic E-state index is 8.37. The Labute approximate surface area is 70.8 Å². The number of ether oxygens (including phenoxy) is 1. The third-order valence-corrected chi connectivity index (χ3v) is 2.58. The monoisotopic (exact) mass is 171 g/mol. The highest BCUT2D eigenvalue weighted by Gasteiger charge is 2.42. The molecule has 2 atom stereocenters. The van der Waals surface area contributed by atoms with E-state index in [2.05, 4.69) is 10.1 Å². The van der Waals surface area contributed by atoms with Gasteiger partial charge in [0.05, 0.1) is 19.8 Å². The molecule has 0 amide bonds. The number of oxime groups is 1. The number of hydrogen-bond donors (Lipinski definition) is 2. The molecular formula is C7H13N3O2. The van der Waals surface area contributed by atoms with Crippen molar-refractivity contribution in [1.29, 1.82) is 0 Å². The zero-order chi connectivity index (χ0) is 8.55. The standard InChI is InChI=1S/C7H13N3O2/c8-7(9-11)2-10-5-1-6(10)4-12-3-5/h5-6,11H,1-4H2,(H2,8,9). The van der Waals surface area contributed by atoms with Crippen LogP contribution in [0.5, 0.6) is 0 Å². The molecule has 3 aliphatic heterocycles. The molecule has 0 aliphatic carbocycles. The van der Waals surface area contributed by atoms with Crippen molar-refractivity contribution in [2.45, 2.75) is 18.5 Å². The van der Waals surface area contributed by atoms with E-state index in [4.69, 9.17) is 15.7 Å². The van der Waals surface area contributed by atoms with Crippen LogP contribution in [0.3, 0.4) is 0 Å². The molecule has 3 saturated heterocycles. The molecule has 12 heavy (non-hydrogen) atoms. The van der Waals surface area contributed by atoms with Crippen LogP contribution in [0.15, 0.2) is 5.16 Å². The second-order valence-corrected chi connectivity index (χ2v) is 3.34. The molecule has 3 aliphatic rings. The Morgan fingerprint density at radius 1 is 1.58 bits per heavy atom. The SMILES string of the molecule is NC(CN1C2COCC1C2)=NO. The Balaban J connectivity index is 1.90. The predicted molar refractivity (Wildman–Crippen MR) is 43.1 cm³/mol. The van der Waals surface area contributed by atoms with Gasteiger partial charge in [0.1, 0.15) is 0 Å². The smallest absolute Gasteiger partial charge is 0.153 e. The minimum Gasteiger partial charge on any atom is -0.409 e. The van der Waals surface area contributed by atoms with E-state index < -0.39 is 0 Å². The quantitative estimate of drug-likeness (QED) is 0.247. The number of rotatable bonds is 2. The first kappa shape index (κ1) is 7.82. The summed E-state index contributed by atoms with van der Waals surface area (Å²) in [5.41, 5.74) is 5.40. The van der Waals surface area contributed by atoms with Crippen LogP contribution in [0.2, 0.25) is 0 Å². The molecule has 0 radical (unpaired) electrons. The fourth-order valence-corrected chi connectivity index (χ4v) is 1.89. The van der Waals surface area contributed by atoms with Crippen LogP contribution in [0.25, 0.3) is 0 Å². The van der Waals surface area contributed by atoms with Crippen molar-refractivity contribution in [2.24, 2.45) is 10.9 Å². The van der Waals surface area contributed by atoms with E-state index in [1.807, 2.05) is 0 Å². The first-order valence-electron chi connectivity index (χ1n) is 4.11. The lowest BCUT2D eigenvalue weighted by Gasteiger charge is -2.52. The van der Waals surface area contributed by atoms with Gasteiger partial charge in [-0.05, 0) is 6.42 Å². The molecule has 5 heteroatoms. The average Bonchev–Trinajstić information content (AvgIpc) is 2.14. The molecule has 5 nitrogen and oxygen atoms in total. The van der Waals surface area contributed by atoms with E-state index in [9.17, 15) is 0 Å². The summed E-state index contributed by atoms with van der Waals surface area (Å²) < 4.78 is 5.29. The summed E-state index contributed by atoms with van der Waals surface area (Å²) in [6, 6.07) is 0.980. The highest BCUT2D eigenvalue weighted by atomic mass is 16.5. The minimum absolute atomic E-state index is 0.284. The van der Waals surface area contributed by atoms with Crippen molar-refractivity contribution in [3.05, 3.63) is 0 Å². The van der Waals surface area contributed by atoms with Gasteiger partial charge in [-0.15, -0.1) is 0 Å². The fourth-order valence-electron chi connectivity index (χ4n) is 1.89. The lowest BCUT2D eigenvalue weighted by molar-refractivity contribution is -0.119. The zero-order valence-corrected chi connectivity index (χ0v) is 6.81. The first-order valence-corrected chi connectivity index (χ1v) is 4.11. The van der Waals surface area contributed by atoms with E-state index in [1.54, 1.807) is 0 Å². The van der Waals surface area contributed by atoms with E-state index in [0.29, 0.717) is 18.6 Å². The Kier molecular flexibility index (Phi) is 1.90. The molecule has 3 N–H and O–H groups in total. The van der Waals surface area contributed by atoms with Gasteiger partial charge < -0.3 is 15.7 Å². The molecule has 3 fully saturated rings. The van der Waals surface area contributed by atoms with Crippen molar-refractivity contribution in [3.63, 3.8) is 0 Å². The molecule has 2 bridgehead atoms. The van der Waals surface area contributed by atoms with Gasteiger partial charge in [0.25, 0.3) is 0 Å². The summed E-state index contributed by atoms with van der Waals surface area (Å²) >= 11 is 0. The number of amidine groups is 1. The number of fused-ring (bicyclic) bond motifs is 2. The van der Waals surface area contributed by atoms with Gasteiger partial charge >= 0.3 is 0 Å². The van der Waals surface area contributed by atoms with Gasteiger partial charge in [-0.25, -0.2) is 0 Å². The predicted octanol–water partition coefficient (Wildman–Crippen LogP) is -0.794. The Bertz CT molecular complexity index is 193. The maximum atomic E-state index is 8.37. The largest absolute Gasteiger partial charge is 0.409 e. The molecule has 3 heterocycles. The van der Waals surface area contributed by atoms with Crippen LogP contribution in [0, 0.1) is 0 Å². The van der Waals surface area contributed by atoms with Crippen LogP contribution in [-0.4, -0.2) is 47.8 Å². The van der Waals surface area contributed by atoms with E-state index in [-0.39, 0.29) is 5.84 Å². The molecule has 0 aromatic heterocycles. The summed E-state index contributed by atoms with van der Waals surface area (Å²) in [6.45, 7) is 2.14. The summed E-state index contributed by atoms with van der Waals surface area (Å²) in [4.78, 5) is 2.22. The van der Waals surface area contributed by atoms with Crippen LogP contribution >= 0.6 is 0 Å². The van der Waals surface area contributed by atoms with Gasteiger partial charge in [-0.3, -0.25) is 4.90 Å². The topological polar surface area (TPSA) is 71.1 Å². The van der Waals surface area contributed by atoms with Gasteiger partial charge in [-0.2, -0.15) is 0 Å². The highest BCUT2D eigenvalue weighted by molar-refractivity contribution is 5.81. The molecule has 3 rings (SSSR count). The fraction of sp³-hybridized carbons (Fsp3) is 0.857. The van der Waals surface area contributed by atoms with Crippen molar-refractivity contribution < 1.29 is 9.94 Å². The molecule has 0 spiro atoms. The van der Waals surface area contributed by atoms with Crippen molar-refractivity contribution in [1.82, 2.24) is 4.90 Å². The highest BCUT2D eigenvalue weighted by Crippen LogP contribution is 2.29. The van der Waals surface area contributed by atoms with Crippen LogP contribution in [0.4, 0.5) is 0 Å². The molecule has 0 aromatic rings. The molecule has 68 valence electrons. The van der Waals surface area contributed by atoms with E-state index in [0.717, 1.165) is 13.2 Å². The third-order valence-electron chi connectivity index (χ3n) is 2.58. The van der Waals surface area contributed by atoms with Gasteiger partial charge in [0.15, 0.2) is 5.84 Å². The lowest BCUT2D eigenvalue weighted by Crippen LogP contribution is -2.65. The number of morpholine rings is 1. The Morgan fingerprint density at radius 3 is 2.75 bits per heavy atom. The summed E-state index contributed by atoms with van der Waals surface area (Å²) in [5, 5.41) is 11.3. The van der Waals surface area contributed by atoms with Gasteiger partial charge in [0.2, 0.25) is 0 Å². The molecule has 2 unspecified atom stereocenters. The summed E-state index contributed by atoms with van der Waals surface area (Å²) in [5.74, 6) is 0.284. The van der Waals surface area contributed by atoms with Crippen LogP contribution in [-0.2, 0) is 4.74 Å².